The predicted molar refractivity (Wildman–Crippen MR) is 80.6 cm³/mol. The summed E-state index contributed by atoms with van der Waals surface area (Å²) in [6.45, 7) is 0. The van der Waals surface area contributed by atoms with Gasteiger partial charge in [0.25, 0.3) is 0 Å². The van der Waals surface area contributed by atoms with Crippen molar-refractivity contribution in [3.8, 4) is 5.75 Å². The number of benzene rings is 2. The van der Waals surface area contributed by atoms with Crippen LogP contribution in [0.5, 0.6) is 5.75 Å². The van der Waals surface area contributed by atoms with Gasteiger partial charge in [-0.3, -0.25) is 9.59 Å². The third kappa shape index (κ3) is 2.38. The van der Waals surface area contributed by atoms with Crippen LogP contribution in [0.25, 0.3) is 6.08 Å². The number of carbonyl (C=O) groups is 2. The second-order valence-corrected chi connectivity index (χ2v) is 4.88. The van der Waals surface area contributed by atoms with Gasteiger partial charge in [-0.2, -0.15) is 0 Å². The lowest BCUT2D eigenvalue weighted by Crippen LogP contribution is -2.11. The van der Waals surface area contributed by atoms with Crippen LogP contribution in [0.15, 0.2) is 54.6 Å². The molecular formula is C18H14O3. The highest BCUT2D eigenvalue weighted by Gasteiger charge is 2.36. The van der Waals surface area contributed by atoms with E-state index in [4.69, 9.17) is 4.74 Å². The van der Waals surface area contributed by atoms with E-state index in [-0.39, 0.29) is 11.6 Å². The van der Waals surface area contributed by atoms with Crippen LogP contribution in [0.2, 0.25) is 0 Å². The SMILES string of the molecule is COc1ccc(C=CC2C(=O)c3ccccc3C2=O)cc1. The predicted octanol–water partition coefficient (Wildman–Crippen LogP) is 3.40. The highest BCUT2D eigenvalue weighted by Crippen LogP contribution is 2.28. The zero-order valence-corrected chi connectivity index (χ0v) is 11.6. The van der Waals surface area contributed by atoms with Gasteiger partial charge in [0.15, 0.2) is 11.6 Å². The van der Waals surface area contributed by atoms with E-state index in [1.54, 1.807) is 43.5 Å². The summed E-state index contributed by atoms with van der Waals surface area (Å²) < 4.78 is 5.09. The van der Waals surface area contributed by atoms with Crippen molar-refractivity contribution >= 4 is 17.6 Å². The highest BCUT2D eigenvalue weighted by molar-refractivity contribution is 6.27. The molecule has 0 aliphatic heterocycles. The molecule has 104 valence electrons. The minimum Gasteiger partial charge on any atom is -0.497 e. The largest absolute Gasteiger partial charge is 0.497 e. The fourth-order valence-electron chi connectivity index (χ4n) is 2.46. The van der Waals surface area contributed by atoms with Crippen LogP contribution in [0.1, 0.15) is 26.3 Å². The molecule has 3 heteroatoms. The number of Topliss-reactive ketones (excluding diaryl/α,β-unsaturated/α-hetero) is 2. The number of hydrogen-bond acceptors (Lipinski definition) is 3. The van der Waals surface area contributed by atoms with E-state index >= 15 is 0 Å². The number of rotatable bonds is 3. The standard InChI is InChI=1S/C18H14O3/c1-21-13-9-6-12(7-10-13)8-11-16-17(19)14-4-2-3-5-15(14)18(16)20/h2-11,16H,1H3. The molecule has 0 spiro atoms. The Morgan fingerprint density at radius 1 is 0.905 bits per heavy atom. The Bertz CT molecular complexity index is 691. The smallest absolute Gasteiger partial charge is 0.178 e. The summed E-state index contributed by atoms with van der Waals surface area (Å²) in [7, 11) is 1.61. The molecule has 0 heterocycles. The van der Waals surface area contributed by atoms with E-state index in [1.807, 2.05) is 24.3 Å². The molecule has 0 amide bonds. The number of ketones is 2. The van der Waals surface area contributed by atoms with Crippen molar-refractivity contribution in [1.29, 1.82) is 0 Å². The molecule has 0 N–H and O–H groups in total. The first-order valence-electron chi connectivity index (χ1n) is 6.70. The summed E-state index contributed by atoms with van der Waals surface area (Å²) in [6, 6.07) is 14.4. The summed E-state index contributed by atoms with van der Waals surface area (Å²) >= 11 is 0. The fourth-order valence-corrected chi connectivity index (χ4v) is 2.46. The fraction of sp³-hybridized carbons (Fsp3) is 0.111. The molecule has 1 aliphatic rings. The number of fused-ring (bicyclic) bond motifs is 1. The second-order valence-electron chi connectivity index (χ2n) is 4.88. The third-order valence-electron chi connectivity index (χ3n) is 3.62. The van der Waals surface area contributed by atoms with Crippen molar-refractivity contribution in [3.63, 3.8) is 0 Å². The van der Waals surface area contributed by atoms with E-state index in [0.29, 0.717) is 11.1 Å². The number of carbonyl (C=O) groups excluding carboxylic acids is 2. The highest BCUT2D eigenvalue weighted by atomic mass is 16.5. The number of allylic oxidation sites excluding steroid dienone is 1. The monoisotopic (exact) mass is 278 g/mol. The van der Waals surface area contributed by atoms with Crippen LogP contribution in [-0.4, -0.2) is 18.7 Å². The second kappa shape index (κ2) is 5.37. The molecule has 1 aliphatic carbocycles. The molecule has 0 bridgehead atoms. The summed E-state index contributed by atoms with van der Waals surface area (Å²) in [4.78, 5) is 24.5. The van der Waals surface area contributed by atoms with Crippen molar-refractivity contribution in [2.24, 2.45) is 5.92 Å². The molecule has 0 atom stereocenters. The van der Waals surface area contributed by atoms with E-state index < -0.39 is 5.92 Å². The quantitative estimate of drug-likeness (QED) is 0.808. The van der Waals surface area contributed by atoms with Crippen LogP contribution < -0.4 is 4.74 Å². The van der Waals surface area contributed by atoms with Crippen LogP contribution >= 0.6 is 0 Å². The molecule has 0 unspecified atom stereocenters. The van der Waals surface area contributed by atoms with Gasteiger partial charge < -0.3 is 4.74 Å². The normalized spacial score (nSPS) is 14.7. The minimum atomic E-state index is -0.704. The first-order chi connectivity index (χ1) is 10.2. The van der Waals surface area contributed by atoms with E-state index in [1.165, 1.54) is 0 Å². The van der Waals surface area contributed by atoms with Crippen molar-refractivity contribution in [1.82, 2.24) is 0 Å². The maximum atomic E-state index is 12.2. The lowest BCUT2D eigenvalue weighted by molar-refractivity contribution is 0.0872. The number of hydrogen-bond donors (Lipinski definition) is 0. The van der Waals surface area contributed by atoms with Crippen LogP contribution in [0, 0.1) is 5.92 Å². The van der Waals surface area contributed by atoms with Gasteiger partial charge in [-0.1, -0.05) is 48.6 Å². The van der Waals surface area contributed by atoms with Gasteiger partial charge in [0, 0.05) is 11.1 Å². The van der Waals surface area contributed by atoms with E-state index in [0.717, 1.165) is 11.3 Å². The maximum Gasteiger partial charge on any atom is 0.178 e. The number of ether oxygens (including phenoxy) is 1. The molecule has 21 heavy (non-hydrogen) atoms. The van der Waals surface area contributed by atoms with Gasteiger partial charge in [-0.05, 0) is 17.7 Å². The summed E-state index contributed by atoms with van der Waals surface area (Å²) in [5, 5.41) is 0. The van der Waals surface area contributed by atoms with Gasteiger partial charge in [0.2, 0.25) is 0 Å². The molecule has 3 nitrogen and oxygen atoms in total. The van der Waals surface area contributed by atoms with Gasteiger partial charge in [0.05, 0.1) is 7.11 Å². The van der Waals surface area contributed by atoms with Crippen molar-refractivity contribution in [3.05, 3.63) is 71.3 Å². The molecule has 0 saturated heterocycles. The maximum absolute atomic E-state index is 12.2. The van der Waals surface area contributed by atoms with Crippen molar-refractivity contribution in [2.45, 2.75) is 0 Å². The summed E-state index contributed by atoms with van der Waals surface area (Å²) in [5.74, 6) is -0.183. The van der Waals surface area contributed by atoms with Gasteiger partial charge in [0.1, 0.15) is 11.7 Å². The Labute approximate surface area is 122 Å². The zero-order valence-electron chi connectivity index (χ0n) is 11.6. The van der Waals surface area contributed by atoms with Crippen molar-refractivity contribution < 1.29 is 14.3 Å². The Hall–Kier alpha value is -2.68. The topological polar surface area (TPSA) is 43.4 Å². The van der Waals surface area contributed by atoms with Crippen LogP contribution in [0.3, 0.4) is 0 Å². The average Bonchev–Trinajstić information content (AvgIpc) is 2.78. The zero-order chi connectivity index (χ0) is 14.8. The first-order valence-corrected chi connectivity index (χ1v) is 6.70. The third-order valence-corrected chi connectivity index (χ3v) is 3.62. The lowest BCUT2D eigenvalue weighted by Gasteiger charge is -2.01. The lowest BCUT2D eigenvalue weighted by atomic mass is 10.0. The van der Waals surface area contributed by atoms with Crippen LogP contribution in [0.4, 0.5) is 0 Å². The van der Waals surface area contributed by atoms with Gasteiger partial charge >= 0.3 is 0 Å². The molecule has 3 rings (SSSR count). The van der Waals surface area contributed by atoms with Gasteiger partial charge in [-0.15, -0.1) is 0 Å². The van der Waals surface area contributed by atoms with Gasteiger partial charge in [-0.25, -0.2) is 0 Å². The van der Waals surface area contributed by atoms with Crippen LogP contribution in [-0.2, 0) is 0 Å². The number of methoxy groups -OCH3 is 1. The molecule has 2 aromatic carbocycles. The van der Waals surface area contributed by atoms with E-state index in [2.05, 4.69) is 0 Å². The Morgan fingerprint density at radius 2 is 1.48 bits per heavy atom. The first kappa shape index (κ1) is 13.3. The Balaban J connectivity index is 1.84. The van der Waals surface area contributed by atoms with Crippen molar-refractivity contribution in [2.75, 3.05) is 7.11 Å². The molecule has 0 radical (unpaired) electrons. The molecule has 0 fully saturated rings. The summed E-state index contributed by atoms with van der Waals surface area (Å²) in [6.07, 6.45) is 3.47. The molecule has 0 saturated carbocycles. The Morgan fingerprint density at radius 3 is 2.00 bits per heavy atom. The minimum absolute atomic E-state index is 0.125. The Kier molecular flexibility index (Phi) is 3.40. The molecule has 0 aromatic heterocycles. The molecule has 2 aromatic rings. The average molecular weight is 278 g/mol. The summed E-state index contributed by atoms with van der Waals surface area (Å²) in [5.41, 5.74) is 1.96. The van der Waals surface area contributed by atoms with E-state index in [9.17, 15) is 9.59 Å². The molecular weight excluding hydrogens is 264 g/mol.